The Morgan fingerprint density at radius 1 is 0.690 bits per heavy atom. The number of carbonyl (C=O) groups is 3. The number of allylic oxidation sites excluding steroid dienone is 2. The van der Waals surface area contributed by atoms with Gasteiger partial charge in [-0.15, -0.1) is 0 Å². The van der Waals surface area contributed by atoms with Crippen molar-refractivity contribution in [3.63, 3.8) is 0 Å². The van der Waals surface area contributed by atoms with Gasteiger partial charge in [-0.1, -0.05) is 42.5 Å². The molecule has 2 aromatic rings. The van der Waals surface area contributed by atoms with Crippen LogP contribution in [0.4, 0.5) is 5.69 Å². The van der Waals surface area contributed by atoms with Gasteiger partial charge in [0, 0.05) is 24.9 Å². The van der Waals surface area contributed by atoms with Gasteiger partial charge in [-0.3, -0.25) is 14.4 Å². The molecule has 0 aromatic heterocycles. The van der Waals surface area contributed by atoms with Crippen molar-refractivity contribution in [3.05, 3.63) is 65.2 Å². The van der Waals surface area contributed by atoms with Crippen LogP contribution in [-0.4, -0.2) is 82.3 Å². The van der Waals surface area contributed by atoms with Gasteiger partial charge in [0.1, 0.15) is 0 Å². The number of fused-ring (bicyclic) bond motifs is 4. The first-order chi connectivity index (χ1) is 20.5. The molecule has 2 N–H and O–H groups in total. The molecule has 10 heteroatoms. The Labute approximate surface area is 246 Å². The fraction of sp³-hybridized carbons (Fsp3) is 0.469. The zero-order chi connectivity index (χ0) is 29.6. The summed E-state index contributed by atoms with van der Waals surface area (Å²) < 4.78 is 21.4. The van der Waals surface area contributed by atoms with E-state index in [4.69, 9.17) is 24.1 Å². The fourth-order valence-corrected chi connectivity index (χ4v) is 4.99. The normalized spacial score (nSPS) is 13.8. The second kappa shape index (κ2) is 16.8. The Morgan fingerprint density at radius 2 is 1.26 bits per heavy atom. The lowest BCUT2D eigenvalue weighted by Gasteiger charge is -2.35. The molecule has 0 saturated heterocycles. The standard InChI is InChI=1S/C32H40N2O8/c35-30(33-14-16-40-18-20-42-22-21-41-19-17-39-15-13-32(37)38)11-12-31(36)34-23-24-5-1-2-6-25(24)26-9-10-27(26)28-7-3-4-8-29(28)34/h1-8H,9-23H2,(H,33,35)(H,37,38). The maximum Gasteiger partial charge on any atom is 0.305 e. The Hall–Kier alpha value is -3.57. The molecule has 0 spiro atoms. The molecule has 1 aliphatic heterocycles. The number of rotatable bonds is 18. The van der Waals surface area contributed by atoms with Crippen molar-refractivity contribution in [2.75, 3.05) is 64.3 Å². The average Bonchev–Trinajstić information content (AvgIpc) is 2.96. The Morgan fingerprint density at radius 3 is 1.93 bits per heavy atom. The summed E-state index contributed by atoms with van der Waals surface area (Å²) in [6.45, 7) is 3.69. The van der Waals surface area contributed by atoms with Crippen LogP contribution in [0.25, 0.3) is 11.1 Å². The van der Waals surface area contributed by atoms with Gasteiger partial charge in [-0.25, -0.2) is 0 Å². The van der Waals surface area contributed by atoms with Crippen molar-refractivity contribution >= 4 is 34.6 Å². The number of amides is 2. The first kappa shape index (κ1) is 31.4. The first-order valence-electron chi connectivity index (χ1n) is 14.5. The van der Waals surface area contributed by atoms with Crippen LogP contribution in [0.15, 0.2) is 48.5 Å². The molecule has 226 valence electrons. The van der Waals surface area contributed by atoms with E-state index in [0.29, 0.717) is 59.3 Å². The van der Waals surface area contributed by atoms with Crippen LogP contribution in [0, 0.1) is 0 Å². The van der Waals surface area contributed by atoms with E-state index in [1.807, 2.05) is 35.2 Å². The lowest BCUT2D eigenvalue weighted by atomic mass is 9.77. The largest absolute Gasteiger partial charge is 0.481 e. The maximum absolute atomic E-state index is 13.4. The molecule has 2 amide bonds. The highest BCUT2D eigenvalue weighted by Crippen LogP contribution is 2.48. The van der Waals surface area contributed by atoms with Gasteiger partial charge in [0.25, 0.3) is 0 Å². The minimum Gasteiger partial charge on any atom is -0.481 e. The van der Waals surface area contributed by atoms with Gasteiger partial charge < -0.3 is 34.3 Å². The lowest BCUT2D eigenvalue weighted by molar-refractivity contribution is -0.138. The third kappa shape index (κ3) is 9.22. The number of carbonyl (C=O) groups excluding carboxylic acids is 2. The summed E-state index contributed by atoms with van der Waals surface area (Å²) in [5.41, 5.74) is 7.06. The number of nitrogens with zero attached hydrogens (tertiary/aromatic N) is 1. The van der Waals surface area contributed by atoms with Gasteiger partial charge in [0.2, 0.25) is 11.8 Å². The molecule has 0 saturated carbocycles. The summed E-state index contributed by atoms with van der Waals surface area (Å²) in [6, 6.07) is 16.4. The van der Waals surface area contributed by atoms with Crippen molar-refractivity contribution in [1.29, 1.82) is 0 Å². The molecule has 0 atom stereocenters. The summed E-state index contributed by atoms with van der Waals surface area (Å²) in [4.78, 5) is 38.1. The van der Waals surface area contributed by atoms with Gasteiger partial charge in [0.15, 0.2) is 0 Å². The fourth-order valence-electron chi connectivity index (χ4n) is 4.99. The minimum atomic E-state index is -0.886. The molecule has 0 bridgehead atoms. The SMILES string of the molecule is O=C(O)CCOCCOCCOCCOCCNC(=O)CCC(=O)N1Cc2ccccc2C2=C(CC2)c2ccccc21. The number of ether oxygens (including phenoxy) is 4. The first-order valence-corrected chi connectivity index (χ1v) is 14.5. The number of benzene rings is 2. The van der Waals surface area contributed by atoms with Crippen LogP contribution in [-0.2, 0) is 39.9 Å². The van der Waals surface area contributed by atoms with Gasteiger partial charge in [0.05, 0.1) is 71.5 Å². The number of carboxylic acids is 1. The van der Waals surface area contributed by atoms with Crippen LogP contribution >= 0.6 is 0 Å². The van der Waals surface area contributed by atoms with Crippen molar-refractivity contribution in [2.45, 2.75) is 38.6 Å². The Balaban J connectivity index is 1.09. The molecular formula is C32H40N2O8. The topological polar surface area (TPSA) is 124 Å². The number of hydrogen-bond donors (Lipinski definition) is 2. The molecule has 0 fully saturated rings. The van der Waals surface area contributed by atoms with E-state index < -0.39 is 5.97 Å². The summed E-state index contributed by atoms with van der Waals surface area (Å²) in [5, 5.41) is 11.3. The number of anilines is 1. The Bertz CT molecular complexity index is 1240. The number of hydrogen-bond acceptors (Lipinski definition) is 7. The van der Waals surface area contributed by atoms with Crippen molar-refractivity contribution < 1.29 is 38.4 Å². The molecule has 2 aromatic carbocycles. The molecule has 1 heterocycles. The lowest BCUT2D eigenvalue weighted by Crippen LogP contribution is -2.34. The highest BCUT2D eigenvalue weighted by atomic mass is 16.6. The molecule has 2 aliphatic rings. The molecule has 4 rings (SSSR count). The number of para-hydroxylation sites is 1. The van der Waals surface area contributed by atoms with Crippen LogP contribution in [0.3, 0.4) is 0 Å². The molecule has 0 unspecified atom stereocenters. The predicted molar refractivity (Wildman–Crippen MR) is 158 cm³/mol. The average molecular weight is 581 g/mol. The van der Waals surface area contributed by atoms with E-state index in [9.17, 15) is 14.4 Å². The van der Waals surface area contributed by atoms with Crippen LogP contribution in [0.1, 0.15) is 48.8 Å². The third-order valence-electron chi connectivity index (χ3n) is 7.19. The zero-order valence-corrected chi connectivity index (χ0v) is 24.0. The van der Waals surface area contributed by atoms with E-state index in [1.54, 1.807) is 0 Å². The number of aliphatic carboxylic acids is 1. The molecule has 1 aliphatic carbocycles. The van der Waals surface area contributed by atoms with E-state index >= 15 is 0 Å². The Kier molecular flexibility index (Phi) is 12.5. The number of nitrogens with one attached hydrogen (secondary N) is 1. The van der Waals surface area contributed by atoms with E-state index in [-0.39, 0.29) is 37.7 Å². The van der Waals surface area contributed by atoms with Crippen LogP contribution in [0.5, 0.6) is 0 Å². The van der Waals surface area contributed by atoms with E-state index in [1.165, 1.54) is 16.7 Å². The monoisotopic (exact) mass is 580 g/mol. The second-order valence-corrected chi connectivity index (χ2v) is 10.1. The quantitative estimate of drug-likeness (QED) is 0.256. The minimum absolute atomic E-state index is 0.0180. The summed E-state index contributed by atoms with van der Waals surface area (Å²) >= 11 is 0. The molecule has 42 heavy (non-hydrogen) atoms. The summed E-state index contributed by atoms with van der Waals surface area (Å²) in [5.74, 6) is -1.14. The summed E-state index contributed by atoms with van der Waals surface area (Å²) in [7, 11) is 0. The van der Waals surface area contributed by atoms with E-state index in [2.05, 4.69) is 23.5 Å². The van der Waals surface area contributed by atoms with Crippen LogP contribution < -0.4 is 10.2 Å². The highest BCUT2D eigenvalue weighted by molar-refractivity contribution is 6.05. The zero-order valence-electron chi connectivity index (χ0n) is 24.0. The van der Waals surface area contributed by atoms with Gasteiger partial charge in [-0.2, -0.15) is 0 Å². The molecule has 0 radical (unpaired) electrons. The number of carboxylic acid groups (broad SMARTS) is 1. The molecular weight excluding hydrogens is 540 g/mol. The van der Waals surface area contributed by atoms with Crippen molar-refractivity contribution in [3.8, 4) is 0 Å². The van der Waals surface area contributed by atoms with Crippen molar-refractivity contribution in [1.82, 2.24) is 5.32 Å². The van der Waals surface area contributed by atoms with Gasteiger partial charge in [-0.05, 0) is 41.2 Å². The summed E-state index contributed by atoms with van der Waals surface area (Å²) in [6.07, 6.45) is 2.27. The highest BCUT2D eigenvalue weighted by Gasteiger charge is 2.30. The van der Waals surface area contributed by atoms with E-state index in [0.717, 1.165) is 29.7 Å². The van der Waals surface area contributed by atoms with Gasteiger partial charge >= 0.3 is 5.97 Å². The third-order valence-corrected chi connectivity index (χ3v) is 7.19. The predicted octanol–water partition coefficient (Wildman–Crippen LogP) is 3.68. The van der Waals surface area contributed by atoms with Crippen molar-refractivity contribution in [2.24, 2.45) is 0 Å². The smallest absolute Gasteiger partial charge is 0.305 e. The second-order valence-electron chi connectivity index (χ2n) is 10.1. The molecule has 10 nitrogen and oxygen atoms in total. The maximum atomic E-state index is 13.4. The van der Waals surface area contributed by atoms with Crippen LogP contribution in [0.2, 0.25) is 0 Å².